The van der Waals surface area contributed by atoms with Gasteiger partial charge in [0.05, 0.1) is 6.10 Å². The van der Waals surface area contributed by atoms with E-state index in [1.165, 1.54) is 6.07 Å². The number of aliphatic hydroxyl groups is 1. The molecular weight excluding hydrogens is 193 g/mol. The molecule has 1 atom stereocenters. The number of hydrogen-bond donors (Lipinski definition) is 1. The second kappa shape index (κ2) is 4.62. The van der Waals surface area contributed by atoms with Crippen LogP contribution < -0.4 is 4.90 Å². The summed E-state index contributed by atoms with van der Waals surface area (Å²) < 4.78 is 13.5. The number of nitrogens with zero attached hydrogens (tertiary/aromatic N) is 1. The summed E-state index contributed by atoms with van der Waals surface area (Å²) in [6, 6.07) is 5.13. The Labute approximate surface area is 90.3 Å². The molecule has 0 aliphatic rings. The zero-order valence-electron chi connectivity index (χ0n) is 9.66. The lowest BCUT2D eigenvalue weighted by atomic mass is 10.1. The molecule has 1 aromatic rings. The van der Waals surface area contributed by atoms with Gasteiger partial charge in [0.15, 0.2) is 0 Å². The fourth-order valence-electron chi connectivity index (χ4n) is 1.52. The van der Waals surface area contributed by atoms with Crippen LogP contribution >= 0.6 is 0 Å². The lowest BCUT2D eigenvalue weighted by Gasteiger charge is -2.27. The van der Waals surface area contributed by atoms with Crippen molar-refractivity contribution < 1.29 is 9.50 Å². The van der Waals surface area contributed by atoms with Crippen LogP contribution in [-0.2, 0) is 0 Å². The molecule has 1 rings (SSSR count). The Morgan fingerprint density at radius 1 is 1.27 bits per heavy atom. The van der Waals surface area contributed by atoms with Crippen LogP contribution in [0.25, 0.3) is 0 Å². The van der Waals surface area contributed by atoms with Crippen molar-refractivity contribution in [2.75, 3.05) is 11.9 Å². The van der Waals surface area contributed by atoms with Gasteiger partial charge in [-0.25, -0.2) is 4.39 Å². The van der Waals surface area contributed by atoms with Crippen molar-refractivity contribution in [2.45, 2.75) is 32.9 Å². The van der Waals surface area contributed by atoms with Crippen molar-refractivity contribution in [3.8, 4) is 0 Å². The first-order valence-corrected chi connectivity index (χ1v) is 5.14. The number of anilines is 1. The van der Waals surface area contributed by atoms with Crippen molar-refractivity contribution in [3.63, 3.8) is 0 Å². The minimum atomic E-state index is -0.789. The highest BCUT2D eigenvalue weighted by Gasteiger charge is 2.17. The summed E-state index contributed by atoms with van der Waals surface area (Å²) in [5.41, 5.74) is 1.12. The Kier molecular flexibility index (Phi) is 3.69. The lowest BCUT2D eigenvalue weighted by Crippen LogP contribution is -2.27. The van der Waals surface area contributed by atoms with Gasteiger partial charge in [0.25, 0.3) is 0 Å². The smallest absolute Gasteiger partial charge is 0.131 e. The molecule has 0 aromatic heterocycles. The summed E-state index contributed by atoms with van der Waals surface area (Å²) in [4.78, 5) is 1.95. The Balaban J connectivity index is 3.22. The van der Waals surface area contributed by atoms with Crippen molar-refractivity contribution in [1.82, 2.24) is 0 Å². The summed E-state index contributed by atoms with van der Waals surface area (Å²) in [6.45, 7) is 5.63. The molecule has 0 unspecified atom stereocenters. The molecule has 0 aliphatic heterocycles. The van der Waals surface area contributed by atoms with Crippen molar-refractivity contribution in [3.05, 3.63) is 29.6 Å². The van der Waals surface area contributed by atoms with Gasteiger partial charge in [-0.3, -0.25) is 0 Å². The van der Waals surface area contributed by atoms with Gasteiger partial charge in [0.2, 0.25) is 0 Å². The molecule has 0 aliphatic carbocycles. The zero-order valence-corrected chi connectivity index (χ0v) is 9.66. The molecular formula is C12H18FNO. The molecule has 0 saturated heterocycles. The number of aliphatic hydroxyl groups excluding tert-OH is 1. The van der Waals surface area contributed by atoms with Gasteiger partial charge in [0, 0.05) is 24.3 Å². The Morgan fingerprint density at radius 3 is 2.33 bits per heavy atom. The van der Waals surface area contributed by atoms with Crippen molar-refractivity contribution in [2.24, 2.45) is 0 Å². The topological polar surface area (TPSA) is 23.5 Å². The van der Waals surface area contributed by atoms with E-state index in [1.807, 2.05) is 31.9 Å². The van der Waals surface area contributed by atoms with Crippen LogP contribution in [-0.4, -0.2) is 18.2 Å². The molecule has 3 heteroatoms. The summed E-state index contributed by atoms with van der Waals surface area (Å²) in [5.74, 6) is -0.352. The third kappa shape index (κ3) is 2.48. The van der Waals surface area contributed by atoms with Gasteiger partial charge in [-0.2, -0.15) is 0 Å². The van der Waals surface area contributed by atoms with Crippen LogP contribution in [0, 0.1) is 5.82 Å². The number of halogens is 1. The molecule has 0 fully saturated rings. The van der Waals surface area contributed by atoms with E-state index >= 15 is 0 Å². The second-order valence-corrected chi connectivity index (χ2v) is 4.05. The van der Waals surface area contributed by atoms with E-state index in [9.17, 15) is 9.50 Å². The fraction of sp³-hybridized carbons (Fsp3) is 0.500. The molecule has 15 heavy (non-hydrogen) atoms. The fourth-order valence-corrected chi connectivity index (χ4v) is 1.52. The van der Waals surface area contributed by atoms with E-state index in [0.29, 0.717) is 5.56 Å². The van der Waals surface area contributed by atoms with Crippen LogP contribution in [0.15, 0.2) is 18.2 Å². The van der Waals surface area contributed by atoms with Crippen LogP contribution in [0.4, 0.5) is 10.1 Å². The average molecular weight is 211 g/mol. The first kappa shape index (κ1) is 12.0. The highest BCUT2D eigenvalue weighted by molar-refractivity contribution is 5.55. The molecule has 1 N–H and O–H groups in total. The third-order valence-electron chi connectivity index (χ3n) is 2.60. The van der Waals surface area contributed by atoms with Crippen LogP contribution in [0.1, 0.15) is 32.4 Å². The minimum Gasteiger partial charge on any atom is -0.389 e. The molecule has 1 aromatic carbocycles. The Hall–Kier alpha value is -1.09. The lowest BCUT2D eigenvalue weighted by molar-refractivity contribution is 0.194. The van der Waals surface area contributed by atoms with E-state index in [4.69, 9.17) is 0 Å². The minimum absolute atomic E-state index is 0.268. The van der Waals surface area contributed by atoms with Gasteiger partial charge in [-0.1, -0.05) is 6.07 Å². The highest BCUT2D eigenvalue weighted by atomic mass is 19.1. The molecule has 0 saturated carbocycles. The standard InChI is InChI=1S/C12H18FNO/c1-8(2)14(4)11-7-5-6-10(13)12(11)9(3)15/h5-9,15H,1-4H3/t9-/m1/s1. The quantitative estimate of drug-likeness (QED) is 0.831. The maximum Gasteiger partial charge on any atom is 0.131 e. The van der Waals surface area contributed by atoms with E-state index in [0.717, 1.165) is 5.69 Å². The predicted molar refractivity (Wildman–Crippen MR) is 60.6 cm³/mol. The van der Waals surface area contributed by atoms with E-state index in [-0.39, 0.29) is 11.9 Å². The first-order chi connectivity index (χ1) is 6.95. The van der Waals surface area contributed by atoms with Gasteiger partial charge in [-0.05, 0) is 32.9 Å². The SMILES string of the molecule is CC(C)N(C)c1cccc(F)c1[C@@H](C)O. The van der Waals surface area contributed by atoms with Crippen LogP contribution in [0.5, 0.6) is 0 Å². The van der Waals surface area contributed by atoms with Gasteiger partial charge in [-0.15, -0.1) is 0 Å². The number of rotatable bonds is 3. The molecule has 0 amide bonds. The summed E-state index contributed by atoms with van der Waals surface area (Å²) in [7, 11) is 1.89. The monoisotopic (exact) mass is 211 g/mol. The Morgan fingerprint density at radius 2 is 1.87 bits per heavy atom. The summed E-state index contributed by atoms with van der Waals surface area (Å²) in [5, 5.41) is 9.55. The van der Waals surface area contributed by atoms with E-state index in [1.54, 1.807) is 13.0 Å². The van der Waals surface area contributed by atoms with Crippen molar-refractivity contribution >= 4 is 5.69 Å². The van der Waals surface area contributed by atoms with E-state index in [2.05, 4.69) is 0 Å². The predicted octanol–water partition coefficient (Wildman–Crippen LogP) is 2.72. The van der Waals surface area contributed by atoms with Gasteiger partial charge >= 0.3 is 0 Å². The molecule has 0 radical (unpaired) electrons. The number of benzene rings is 1. The molecule has 0 heterocycles. The van der Waals surface area contributed by atoms with Crippen molar-refractivity contribution in [1.29, 1.82) is 0 Å². The first-order valence-electron chi connectivity index (χ1n) is 5.14. The molecule has 2 nitrogen and oxygen atoms in total. The maximum absolute atomic E-state index is 13.5. The van der Waals surface area contributed by atoms with Gasteiger partial charge in [0.1, 0.15) is 5.82 Å². The molecule has 0 bridgehead atoms. The summed E-state index contributed by atoms with van der Waals surface area (Å²) >= 11 is 0. The highest BCUT2D eigenvalue weighted by Crippen LogP contribution is 2.29. The zero-order chi connectivity index (χ0) is 11.6. The third-order valence-corrected chi connectivity index (χ3v) is 2.60. The molecule has 0 spiro atoms. The van der Waals surface area contributed by atoms with Crippen LogP contribution in [0.2, 0.25) is 0 Å². The maximum atomic E-state index is 13.5. The normalized spacial score (nSPS) is 13.0. The van der Waals surface area contributed by atoms with Gasteiger partial charge < -0.3 is 10.0 Å². The average Bonchev–Trinajstić information content (AvgIpc) is 2.15. The Bertz CT molecular complexity index is 336. The summed E-state index contributed by atoms with van der Waals surface area (Å²) in [6.07, 6.45) is -0.789. The largest absolute Gasteiger partial charge is 0.389 e. The second-order valence-electron chi connectivity index (χ2n) is 4.05. The van der Waals surface area contributed by atoms with Crippen LogP contribution in [0.3, 0.4) is 0 Å². The van der Waals surface area contributed by atoms with E-state index < -0.39 is 6.10 Å². The molecule has 84 valence electrons. The number of hydrogen-bond acceptors (Lipinski definition) is 2.